The number of imidazole rings is 1. The van der Waals surface area contributed by atoms with Crippen LogP contribution in [0.2, 0.25) is 0 Å². The van der Waals surface area contributed by atoms with Gasteiger partial charge in [0.1, 0.15) is 6.61 Å². The van der Waals surface area contributed by atoms with E-state index in [4.69, 9.17) is 9.47 Å². The fourth-order valence-corrected chi connectivity index (χ4v) is 3.68. The van der Waals surface area contributed by atoms with Crippen molar-refractivity contribution in [1.29, 1.82) is 0 Å². The quantitative estimate of drug-likeness (QED) is 0.482. The molecule has 0 aliphatic carbocycles. The van der Waals surface area contributed by atoms with Gasteiger partial charge in [0, 0.05) is 24.3 Å². The van der Waals surface area contributed by atoms with E-state index in [9.17, 15) is 4.79 Å². The van der Waals surface area contributed by atoms with Crippen LogP contribution in [0.25, 0.3) is 4.96 Å². The minimum atomic E-state index is -0.0703. The Balaban J connectivity index is 1.33. The van der Waals surface area contributed by atoms with E-state index in [1.54, 1.807) is 18.4 Å². The topological polar surface area (TPSA) is 64.9 Å². The molecule has 0 saturated heterocycles. The van der Waals surface area contributed by atoms with Gasteiger partial charge in [0.05, 0.1) is 19.2 Å². The summed E-state index contributed by atoms with van der Waals surface area (Å²) in [5.41, 5.74) is 2.79. The Morgan fingerprint density at radius 3 is 2.79 bits per heavy atom. The second-order valence-electron chi connectivity index (χ2n) is 6.54. The fraction of sp³-hybridized carbons (Fsp3) is 0.182. The van der Waals surface area contributed by atoms with Crippen molar-refractivity contribution in [3.63, 3.8) is 0 Å². The van der Waals surface area contributed by atoms with E-state index in [1.165, 1.54) is 0 Å². The van der Waals surface area contributed by atoms with Crippen LogP contribution in [0.15, 0.2) is 66.3 Å². The molecule has 4 rings (SSSR count). The summed E-state index contributed by atoms with van der Waals surface area (Å²) in [6.07, 6.45) is 4.07. The van der Waals surface area contributed by atoms with Crippen molar-refractivity contribution < 1.29 is 14.3 Å². The van der Waals surface area contributed by atoms with Crippen molar-refractivity contribution in [2.24, 2.45) is 0 Å². The smallest absolute Gasteiger partial charge is 0.226 e. The summed E-state index contributed by atoms with van der Waals surface area (Å²) in [5, 5.41) is 4.90. The Labute approximate surface area is 172 Å². The van der Waals surface area contributed by atoms with E-state index >= 15 is 0 Å². The predicted molar refractivity (Wildman–Crippen MR) is 112 cm³/mol. The van der Waals surface area contributed by atoms with Gasteiger partial charge in [-0.3, -0.25) is 9.20 Å². The highest BCUT2D eigenvalue weighted by Gasteiger charge is 2.10. The average Bonchev–Trinajstić information content (AvgIpc) is 3.33. The predicted octanol–water partition coefficient (Wildman–Crippen LogP) is 3.84. The number of carbonyl (C=O) groups is 1. The maximum atomic E-state index is 12.3. The third-order valence-corrected chi connectivity index (χ3v) is 5.21. The van der Waals surface area contributed by atoms with E-state index in [0.717, 1.165) is 21.8 Å². The van der Waals surface area contributed by atoms with Gasteiger partial charge in [0.2, 0.25) is 5.91 Å². The average molecular weight is 407 g/mol. The van der Waals surface area contributed by atoms with Gasteiger partial charge in [-0.25, -0.2) is 4.98 Å². The molecule has 0 radical (unpaired) electrons. The first-order valence-corrected chi connectivity index (χ1v) is 10.1. The first-order chi connectivity index (χ1) is 14.2. The van der Waals surface area contributed by atoms with Gasteiger partial charge in [-0.05, 0) is 23.3 Å². The lowest BCUT2D eigenvalue weighted by Crippen LogP contribution is -2.24. The van der Waals surface area contributed by atoms with Crippen molar-refractivity contribution in [3.05, 3.63) is 83.1 Å². The maximum absolute atomic E-state index is 12.3. The number of hydrogen-bond acceptors (Lipinski definition) is 5. The standard InChI is InChI=1S/C22H21N3O3S/c1-27-20-11-17(7-8-19(20)28-15-16-5-3-2-4-6-16)13-23-21(26)12-18-14-25-9-10-29-22(25)24-18/h2-11,14H,12-13,15H2,1H3,(H,23,26). The molecule has 4 aromatic rings. The van der Waals surface area contributed by atoms with Crippen LogP contribution in [0.5, 0.6) is 11.5 Å². The monoisotopic (exact) mass is 407 g/mol. The van der Waals surface area contributed by atoms with Gasteiger partial charge in [-0.15, -0.1) is 11.3 Å². The van der Waals surface area contributed by atoms with Crippen molar-refractivity contribution in [2.45, 2.75) is 19.6 Å². The molecule has 0 aliphatic rings. The molecule has 7 heteroatoms. The molecule has 0 bridgehead atoms. The van der Waals surface area contributed by atoms with Crippen LogP contribution in [-0.2, 0) is 24.4 Å². The number of nitrogens with one attached hydrogen (secondary N) is 1. The van der Waals surface area contributed by atoms with E-state index in [-0.39, 0.29) is 12.3 Å². The second-order valence-corrected chi connectivity index (χ2v) is 7.41. The first kappa shape index (κ1) is 19.0. The largest absolute Gasteiger partial charge is 0.493 e. The fourth-order valence-electron chi connectivity index (χ4n) is 2.97. The zero-order valence-electron chi connectivity index (χ0n) is 16.0. The van der Waals surface area contributed by atoms with Gasteiger partial charge in [0.25, 0.3) is 0 Å². The molecule has 0 saturated carbocycles. The molecule has 2 aromatic carbocycles. The summed E-state index contributed by atoms with van der Waals surface area (Å²) >= 11 is 1.55. The van der Waals surface area contributed by atoms with Crippen molar-refractivity contribution in [3.8, 4) is 11.5 Å². The normalized spacial score (nSPS) is 10.8. The zero-order valence-corrected chi connectivity index (χ0v) is 16.8. The van der Waals surface area contributed by atoms with E-state index < -0.39 is 0 Å². The SMILES string of the molecule is COc1cc(CNC(=O)Cc2cn3ccsc3n2)ccc1OCc1ccccc1. The molecule has 0 fully saturated rings. The summed E-state index contributed by atoms with van der Waals surface area (Å²) in [5.74, 6) is 1.24. The highest BCUT2D eigenvalue weighted by molar-refractivity contribution is 7.15. The number of aromatic nitrogens is 2. The molecule has 0 unspecified atom stereocenters. The Kier molecular flexibility index (Phi) is 5.76. The number of fused-ring (bicyclic) bond motifs is 1. The number of rotatable bonds is 8. The maximum Gasteiger partial charge on any atom is 0.226 e. The lowest BCUT2D eigenvalue weighted by molar-refractivity contribution is -0.120. The van der Waals surface area contributed by atoms with E-state index in [0.29, 0.717) is 24.7 Å². The number of thiazole rings is 1. The third-order valence-electron chi connectivity index (χ3n) is 4.44. The highest BCUT2D eigenvalue weighted by Crippen LogP contribution is 2.28. The summed E-state index contributed by atoms with van der Waals surface area (Å²) in [7, 11) is 1.61. The zero-order chi connectivity index (χ0) is 20.1. The molecule has 0 aliphatic heterocycles. The molecule has 148 valence electrons. The van der Waals surface area contributed by atoms with Crippen LogP contribution in [-0.4, -0.2) is 22.4 Å². The number of carbonyl (C=O) groups excluding carboxylic acids is 1. The number of amides is 1. The lowest BCUT2D eigenvalue weighted by Gasteiger charge is -2.13. The molecule has 0 atom stereocenters. The molecule has 6 nitrogen and oxygen atoms in total. The number of benzene rings is 2. The van der Waals surface area contributed by atoms with Crippen LogP contribution in [0, 0.1) is 0 Å². The molecule has 1 N–H and O–H groups in total. The number of methoxy groups -OCH3 is 1. The number of nitrogens with zero attached hydrogens (tertiary/aromatic N) is 2. The van der Waals surface area contributed by atoms with Crippen LogP contribution in [0.4, 0.5) is 0 Å². The van der Waals surface area contributed by atoms with Crippen molar-refractivity contribution in [1.82, 2.24) is 14.7 Å². The van der Waals surface area contributed by atoms with Gasteiger partial charge >= 0.3 is 0 Å². The van der Waals surface area contributed by atoms with Gasteiger partial charge in [0.15, 0.2) is 16.5 Å². The first-order valence-electron chi connectivity index (χ1n) is 9.22. The summed E-state index contributed by atoms with van der Waals surface area (Å²) in [4.78, 5) is 17.6. The second kappa shape index (κ2) is 8.79. The van der Waals surface area contributed by atoms with Crippen molar-refractivity contribution >= 4 is 22.2 Å². The highest BCUT2D eigenvalue weighted by atomic mass is 32.1. The van der Waals surface area contributed by atoms with Gasteiger partial charge < -0.3 is 14.8 Å². The van der Waals surface area contributed by atoms with Crippen molar-refractivity contribution in [2.75, 3.05) is 7.11 Å². The molecule has 1 amide bonds. The molecule has 2 heterocycles. The van der Waals surface area contributed by atoms with Crippen LogP contribution >= 0.6 is 11.3 Å². The van der Waals surface area contributed by atoms with Crippen LogP contribution in [0.3, 0.4) is 0 Å². The molecular weight excluding hydrogens is 386 g/mol. The minimum Gasteiger partial charge on any atom is -0.493 e. The lowest BCUT2D eigenvalue weighted by atomic mass is 10.2. The summed E-state index contributed by atoms with van der Waals surface area (Å²) in [6, 6.07) is 15.6. The molecule has 29 heavy (non-hydrogen) atoms. The number of hydrogen-bond donors (Lipinski definition) is 1. The van der Waals surface area contributed by atoms with Crippen LogP contribution in [0.1, 0.15) is 16.8 Å². The molecular formula is C22H21N3O3S. The third kappa shape index (κ3) is 4.75. The summed E-state index contributed by atoms with van der Waals surface area (Å²) in [6.45, 7) is 0.881. The van der Waals surface area contributed by atoms with E-state index in [1.807, 2.05) is 70.7 Å². The minimum absolute atomic E-state index is 0.0703. The molecule has 0 spiro atoms. The van der Waals surface area contributed by atoms with E-state index in [2.05, 4.69) is 10.3 Å². The van der Waals surface area contributed by atoms with Gasteiger partial charge in [-0.1, -0.05) is 36.4 Å². The van der Waals surface area contributed by atoms with Crippen LogP contribution < -0.4 is 14.8 Å². The molecule has 2 aromatic heterocycles. The Bertz CT molecular complexity index is 1080. The Hall–Kier alpha value is -3.32. The Morgan fingerprint density at radius 2 is 2.00 bits per heavy atom. The van der Waals surface area contributed by atoms with Gasteiger partial charge in [-0.2, -0.15) is 0 Å². The summed E-state index contributed by atoms with van der Waals surface area (Å²) < 4.78 is 13.2. The Morgan fingerprint density at radius 1 is 1.14 bits per heavy atom. The number of ether oxygens (including phenoxy) is 2.